The van der Waals surface area contributed by atoms with E-state index in [4.69, 9.17) is 0 Å². The number of hydrogen-bond donors (Lipinski definition) is 2. The van der Waals surface area contributed by atoms with E-state index in [1.54, 1.807) is 26.0 Å². The van der Waals surface area contributed by atoms with Crippen LogP contribution in [0.3, 0.4) is 0 Å². The van der Waals surface area contributed by atoms with Crippen LogP contribution < -0.4 is 10.6 Å². The smallest absolute Gasteiger partial charge is 0.298 e. The largest absolute Gasteiger partial charge is 0.507 e. The summed E-state index contributed by atoms with van der Waals surface area (Å²) in [4.78, 5) is 4.62. The predicted octanol–water partition coefficient (Wildman–Crippen LogP) is 2.37. The van der Waals surface area contributed by atoms with Gasteiger partial charge in [-0.1, -0.05) is 5.59 Å². The molecule has 0 radical (unpaired) electrons. The fourth-order valence-electron chi connectivity index (χ4n) is 1.58. The van der Waals surface area contributed by atoms with E-state index in [-0.39, 0.29) is 5.75 Å². The average Bonchev–Trinajstić information content (AvgIpc) is 2.74. The highest BCUT2D eigenvalue weighted by atomic mass is 19.3. The average molecular weight is 242 g/mol. The van der Waals surface area contributed by atoms with Crippen molar-refractivity contribution in [1.82, 2.24) is 5.59 Å². The molecule has 0 spiro atoms. The number of phenols is 1. The van der Waals surface area contributed by atoms with Crippen molar-refractivity contribution in [3.05, 3.63) is 35.2 Å². The van der Waals surface area contributed by atoms with E-state index in [0.29, 0.717) is 16.8 Å². The number of halogens is 2. The van der Waals surface area contributed by atoms with Gasteiger partial charge < -0.3 is 9.94 Å². The highest BCUT2D eigenvalue weighted by Gasteiger charge is 2.23. The zero-order chi connectivity index (χ0) is 12.6. The van der Waals surface area contributed by atoms with Gasteiger partial charge in [0.25, 0.3) is 6.43 Å². The molecule has 2 rings (SSSR count). The predicted molar refractivity (Wildman–Crippen MR) is 58.4 cm³/mol. The molecule has 0 fully saturated rings. The van der Waals surface area contributed by atoms with Crippen LogP contribution in [0, 0.1) is 13.8 Å². The minimum Gasteiger partial charge on any atom is -0.507 e. The molecule has 0 aliphatic carbocycles. The lowest BCUT2D eigenvalue weighted by atomic mass is 10.1. The Morgan fingerprint density at radius 3 is 2.35 bits per heavy atom. The van der Waals surface area contributed by atoms with E-state index >= 15 is 0 Å². The van der Waals surface area contributed by atoms with E-state index in [2.05, 4.69) is 10.4 Å². The molecule has 1 aliphatic rings. The summed E-state index contributed by atoms with van der Waals surface area (Å²) in [7, 11) is 0. The monoisotopic (exact) mass is 242 g/mol. The minimum atomic E-state index is -2.66. The molecule has 0 saturated carbocycles. The van der Waals surface area contributed by atoms with Crippen LogP contribution in [0.15, 0.2) is 24.1 Å². The number of anilines is 1. The molecular formula is C11H12F2N2O2. The van der Waals surface area contributed by atoms with Crippen molar-refractivity contribution in [1.29, 1.82) is 0 Å². The van der Waals surface area contributed by atoms with Gasteiger partial charge in [0.1, 0.15) is 5.75 Å². The number of hydrazine groups is 1. The summed E-state index contributed by atoms with van der Waals surface area (Å²) in [6.07, 6.45) is -1.48. The van der Waals surface area contributed by atoms with E-state index in [0.717, 1.165) is 0 Å². The van der Waals surface area contributed by atoms with Gasteiger partial charge in [0.2, 0.25) is 5.76 Å². The molecule has 0 unspecified atom stereocenters. The summed E-state index contributed by atoms with van der Waals surface area (Å²) in [5.41, 5.74) is 4.31. The standard InChI is InChI=1S/C11H12F2N2O2/c1-6-3-8(4-7(2)10(6)16)15-5-9(11(12)13)17-14-15/h3-5,11,14,16H,1-2H3. The number of phenolic OH excluding ortho intramolecular Hbond substituents is 1. The van der Waals surface area contributed by atoms with Gasteiger partial charge in [0, 0.05) is 0 Å². The lowest BCUT2D eigenvalue weighted by Crippen LogP contribution is -2.27. The van der Waals surface area contributed by atoms with Crippen LogP contribution in [0.2, 0.25) is 0 Å². The Kier molecular flexibility index (Phi) is 2.89. The first-order chi connectivity index (χ1) is 7.99. The van der Waals surface area contributed by atoms with Gasteiger partial charge in [-0.05, 0) is 37.1 Å². The third kappa shape index (κ3) is 2.16. The first-order valence-electron chi connectivity index (χ1n) is 5.01. The second-order valence-corrected chi connectivity index (χ2v) is 3.82. The fraction of sp³-hybridized carbons (Fsp3) is 0.273. The topological polar surface area (TPSA) is 44.7 Å². The van der Waals surface area contributed by atoms with Crippen molar-refractivity contribution in [2.45, 2.75) is 20.3 Å². The second-order valence-electron chi connectivity index (χ2n) is 3.82. The highest BCUT2D eigenvalue weighted by molar-refractivity contribution is 5.57. The van der Waals surface area contributed by atoms with Gasteiger partial charge in [0.15, 0.2) is 0 Å². The summed E-state index contributed by atoms with van der Waals surface area (Å²) in [6.45, 7) is 3.47. The molecule has 1 aromatic rings. The fourth-order valence-corrected chi connectivity index (χ4v) is 1.58. The molecule has 6 heteroatoms. The molecule has 0 atom stereocenters. The number of alkyl halides is 2. The number of allylic oxidation sites excluding steroid dienone is 1. The molecule has 2 N–H and O–H groups in total. The maximum absolute atomic E-state index is 12.4. The van der Waals surface area contributed by atoms with E-state index in [1.807, 2.05) is 0 Å². The first-order valence-corrected chi connectivity index (χ1v) is 5.01. The molecule has 0 amide bonds. The van der Waals surface area contributed by atoms with Crippen LogP contribution >= 0.6 is 0 Å². The van der Waals surface area contributed by atoms with Gasteiger partial charge in [-0.2, -0.15) is 0 Å². The molecular weight excluding hydrogens is 230 g/mol. The number of aryl methyl sites for hydroxylation is 2. The molecule has 0 saturated heterocycles. The Morgan fingerprint density at radius 1 is 1.29 bits per heavy atom. The lowest BCUT2D eigenvalue weighted by molar-refractivity contribution is 0.0492. The Bertz CT molecular complexity index is 452. The van der Waals surface area contributed by atoms with E-state index < -0.39 is 12.2 Å². The van der Waals surface area contributed by atoms with Crippen LogP contribution in [-0.2, 0) is 4.84 Å². The summed E-state index contributed by atoms with van der Waals surface area (Å²) >= 11 is 0. The quantitative estimate of drug-likeness (QED) is 0.835. The Balaban J connectivity index is 2.31. The summed E-state index contributed by atoms with van der Waals surface area (Å²) in [6, 6.07) is 3.34. The van der Waals surface area contributed by atoms with E-state index in [9.17, 15) is 13.9 Å². The minimum absolute atomic E-state index is 0.201. The molecule has 1 aliphatic heterocycles. The van der Waals surface area contributed by atoms with Gasteiger partial charge in [-0.15, -0.1) is 0 Å². The van der Waals surface area contributed by atoms with Crippen LogP contribution in [0.1, 0.15) is 11.1 Å². The molecule has 1 aromatic carbocycles. The number of benzene rings is 1. The lowest BCUT2D eigenvalue weighted by Gasteiger charge is -2.16. The van der Waals surface area contributed by atoms with Gasteiger partial charge >= 0.3 is 0 Å². The van der Waals surface area contributed by atoms with E-state index in [1.165, 1.54) is 11.2 Å². The van der Waals surface area contributed by atoms with Crippen molar-refractivity contribution >= 4 is 5.69 Å². The van der Waals surface area contributed by atoms with Crippen LogP contribution in [0.5, 0.6) is 5.75 Å². The molecule has 17 heavy (non-hydrogen) atoms. The normalized spacial score (nSPS) is 15.1. The van der Waals surface area contributed by atoms with Crippen molar-refractivity contribution in [3.8, 4) is 5.75 Å². The maximum atomic E-state index is 12.4. The number of aromatic hydroxyl groups is 1. The second kappa shape index (κ2) is 4.21. The highest BCUT2D eigenvalue weighted by Crippen LogP contribution is 2.29. The number of rotatable bonds is 2. The number of nitrogens with zero attached hydrogens (tertiary/aromatic N) is 1. The molecule has 0 bridgehead atoms. The van der Waals surface area contributed by atoms with Gasteiger partial charge in [-0.25, -0.2) is 13.8 Å². The summed E-state index contributed by atoms with van der Waals surface area (Å²) < 4.78 is 24.7. The Morgan fingerprint density at radius 2 is 1.88 bits per heavy atom. The number of nitrogens with one attached hydrogen (secondary N) is 1. The summed E-state index contributed by atoms with van der Waals surface area (Å²) in [5.74, 6) is -0.236. The zero-order valence-electron chi connectivity index (χ0n) is 9.37. The van der Waals surface area contributed by atoms with Crippen molar-refractivity contribution < 1.29 is 18.7 Å². The maximum Gasteiger partial charge on any atom is 0.298 e. The van der Waals surface area contributed by atoms with Crippen LogP contribution in [-0.4, -0.2) is 11.5 Å². The van der Waals surface area contributed by atoms with Gasteiger partial charge in [-0.3, -0.25) is 0 Å². The zero-order valence-corrected chi connectivity index (χ0v) is 9.37. The third-order valence-electron chi connectivity index (χ3n) is 2.49. The first kappa shape index (κ1) is 11.7. The molecule has 0 aromatic heterocycles. The number of hydrogen-bond acceptors (Lipinski definition) is 4. The van der Waals surface area contributed by atoms with Crippen molar-refractivity contribution in [2.75, 3.05) is 5.01 Å². The molecule has 1 heterocycles. The SMILES string of the molecule is Cc1cc(N2C=C(C(F)F)ON2)cc(C)c1O. The molecule has 92 valence electrons. The van der Waals surface area contributed by atoms with Crippen molar-refractivity contribution in [2.24, 2.45) is 0 Å². The Labute approximate surface area is 97.0 Å². The Hall–Kier alpha value is -1.82. The van der Waals surface area contributed by atoms with Crippen molar-refractivity contribution in [3.63, 3.8) is 0 Å². The summed E-state index contributed by atoms with van der Waals surface area (Å²) in [5, 5.41) is 10.9. The van der Waals surface area contributed by atoms with Crippen LogP contribution in [0.4, 0.5) is 14.5 Å². The molecule has 4 nitrogen and oxygen atoms in total. The van der Waals surface area contributed by atoms with Crippen LogP contribution in [0.25, 0.3) is 0 Å². The van der Waals surface area contributed by atoms with Gasteiger partial charge in [0.05, 0.1) is 11.9 Å². The third-order valence-corrected chi connectivity index (χ3v) is 2.49.